The molecule has 4 heterocycles. The topological polar surface area (TPSA) is 377 Å². The second-order valence-corrected chi connectivity index (χ2v) is 25.9. The van der Waals surface area contributed by atoms with Gasteiger partial charge in [0.1, 0.15) is 91.6 Å². The monoisotopic (exact) mass is 1110 g/mol. The zero-order chi connectivity index (χ0) is 56.8. The Labute approximate surface area is 450 Å². The molecule has 15 N–H and O–H groups in total. The molecule has 0 radical (unpaired) electrons. The van der Waals surface area contributed by atoms with E-state index in [4.69, 9.17) is 37.9 Å². The smallest absolute Gasteiger partial charge is 0.187 e. The van der Waals surface area contributed by atoms with Gasteiger partial charge in [-0.15, -0.1) is 0 Å². The summed E-state index contributed by atoms with van der Waals surface area (Å²) in [4.78, 5) is 0. The third-order valence-corrected chi connectivity index (χ3v) is 20.8. The lowest BCUT2D eigenvalue weighted by molar-refractivity contribution is -0.383. The lowest BCUT2D eigenvalue weighted by atomic mass is 9.35. The van der Waals surface area contributed by atoms with Crippen LogP contribution in [-0.4, -0.2) is 243 Å². The summed E-state index contributed by atoms with van der Waals surface area (Å²) >= 11 is 0. The van der Waals surface area contributed by atoms with Crippen molar-refractivity contribution < 1.29 is 114 Å². The highest BCUT2D eigenvalue weighted by Crippen LogP contribution is 2.76. The summed E-state index contributed by atoms with van der Waals surface area (Å²) < 4.78 is 48.8. The Hall–Kier alpha value is -1.18. The molecule has 0 spiro atoms. The van der Waals surface area contributed by atoms with Crippen LogP contribution in [0.4, 0.5) is 0 Å². The van der Waals surface area contributed by atoms with Crippen LogP contribution in [0.3, 0.4) is 0 Å². The molecule has 8 aliphatic rings. The molecule has 8 fully saturated rings. The molecule has 446 valence electrons. The molecule has 23 heteroatoms. The van der Waals surface area contributed by atoms with E-state index in [1.54, 1.807) is 0 Å². The van der Waals surface area contributed by atoms with Crippen molar-refractivity contribution in [3.05, 3.63) is 11.6 Å². The van der Waals surface area contributed by atoms with E-state index in [-0.39, 0.29) is 30.1 Å². The van der Waals surface area contributed by atoms with Gasteiger partial charge in [0.15, 0.2) is 25.2 Å². The predicted molar refractivity (Wildman–Crippen MR) is 266 cm³/mol. The highest BCUT2D eigenvalue weighted by atomic mass is 16.8. The van der Waals surface area contributed by atoms with E-state index in [9.17, 15) is 76.6 Å². The third kappa shape index (κ3) is 10.8. The van der Waals surface area contributed by atoms with Crippen LogP contribution in [0, 0.1) is 45.3 Å². The zero-order valence-electron chi connectivity index (χ0n) is 45.9. The number of fused-ring (bicyclic) bond motifs is 5. The summed E-state index contributed by atoms with van der Waals surface area (Å²) in [6.07, 6.45) is -27.9. The minimum atomic E-state index is -1.87. The predicted octanol–water partition coefficient (Wildman–Crippen LogP) is -2.20. The van der Waals surface area contributed by atoms with Gasteiger partial charge in [-0.3, -0.25) is 0 Å². The Morgan fingerprint density at radius 3 is 1.75 bits per heavy atom. The first-order valence-electron chi connectivity index (χ1n) is 27.8. The average Bonchev–Trinajstić information content (AvgIpc) is 3.91. The van der Waals surface area contributed by atoms with Gasteiger partial charge in [0.25, 0.3) is 0 Å². The van der Waals surface area contributed by atoms with E-state index < -0.39 is 188 Å². The number of aliphatic hydroxyl groups is 15. The van der Waals surface area contributed by atoms with Crippen LogP contribution in [0.1, 0.15) is 114 Å². The average molecular weight is 1110 g/mol. The van der Waals surface area contributed by atoms with Crippen LogP contribution in [0.5, 0.6) is 0 Å². The molecular weight excluding hydrogens is 1020 g/mol. The van der Waals surface area contributed by atoms with Crippen LogP contribution < -0.4 is 0 Å². The molecule has 4 aliphatic carbocycles. The molecule has 0 aromatic rings. The van der Waals surface area contributed by atoms with E-state index in [2.05, 4.69) is 26.8 Å². The van der Waals surface area contributed by atoms with E-state index in [0.717, 1.165) is 12.0 Å². The molecule has 4 aliphatic heterocycles. The van der Waals surface area contributed by atoms with E-state index in [1.165, 1.54) is 6.92 Å². The second-order valence-electron chi connectivity index (χ2n) is 25.9. The Kier molecular flexibility index (Phi) is 18.6. The Morgan fingerprint density at radius 1 is 0.584 bits per heavy atom. The SMILES string of the molecule is CC(C)=CCCC(C)(OC1OC(COC2OC(C)C(O)C(O)C2O)C(O)C(O)C1O)C1CCC2(C)C1C(O)CC1C3(C)CC(O)C(OC4OC(CO)C(O)C(O)C4OC4OC(CO)C(O)C(O)C4O)C(C)(C)C3CCC12C. The van der Waals surface area contributed by atoms with Crippen molar-refractivity contribution >= 4 is 0 Å². The van der Waals surface area contributed by atoms with Crippen molar-refractivity contribution in [2.24, 2.45) is 45.3 Å². The normalized spacial score (nSPS) is 53.6. The second kappa shape index (κ2) is 23.1. The van der Waals surface area contributed by atoms with Crippen LogP contribution in [0.2, 0.25) is 0 Å². The highest BCUT2D eigenvalue weighted by Gasteiger charge is 2.73. The van der Waals surface area contributed by atoms with Crippen molar-refractivity contribution in [1.82, 2.24) is 0 Å². The molecule has 0 amide bonds. The summed E-state index contributed by atoms with van der Waals surface area (Å²) in [5.41, 5.74) is -2.33. The van der Waals surface area contributed by atoms with E-state index in [0.29, 0.717) is 38.5 Å². The largest absolute Gasteiger partial charge is 0.394 e. The standard InChI is InChI=1S/C54H92O23/c1-22(2)11-10-14-54(9,77-48-43(69)39(65)36(62)29(74-48)21-70-46-41(67)37(63)33(59)23(3)71-46)24-12-15-53(8)32(24)25(57)17-31-51(6)18-26(58)45(50(4,5)30(51)13-16-52(31,53)7)76-49-44(40(66)35(61)28(20-56)73-49)75-47-42(68)38(64)34(60)27(19-55)72-47/h11,23-49,55-69H,10,12-21H2,1-9H3. The fraction of sp³-hybridized carbons (Fsp3) is 0.963. The maximum atomic E-state index is 12.8. The zero-order valence-corrected chi connectivity index (χ0v) is 45.9. The van der Waals surface area contributed by atoms with Gasteiger partial charge in [-0.1, -0.05) is 46.3 Å². The van der Waals surface area contributed by atoms with Crippen LogP contribution in [0.15, 0.2) is 11.6 Å². The van der Waals surface area contributed by atoms with Crippen molar-refractivity contribution in [2.45, 2.75) is 260 Å². The molecular formula is C54H92O23. The van der Waals surface area contributed by atoms with Crippen molar-refractivity contribution in [1.29, 1.82) is 0 Å². The Bertz CT molecular complexity index is 2010. The van der Waals surface area contributed by atoms with E-state index in [1.807, 2.05) is 34.6 Å². The van der Waals surface area contributed by atoms with Crippen LogP contribution in [-0.2, 0) is 37.9 Å². The number of ether oxygens (including phenoxy) is 8. The van der Waals surface area contributed by atoms with Gasteiger partial charge in [-0.05, 0) is 124 Å². The Morgan fingerprint density at radius 2 is 1.13 bits per heavy atom. The van der Waals surface area contributed by atoms with Gasteiger partial charge in [0, 0.05) is 0 Å². The number of hydrogen-bond acceptors (Lipinski definition) is 23. The molecule has 4 saturated heterocycles. The van der Waals surface area contributed by atoms with Gasteiger partial charge in [0.05, 0.1) is 49.8 Å². The van der Waals surface area contributed by atoms with Crippen molar-refractivity contribution in [3.63, 3.8) is 0 Å². The van der Waals surface area contributed by atoms with Gasteiger partial charge < -0.3 is 114 Å². The summed E-state index contributed by atoms with van der Waals surface area (Å²) in [6.45, 7) is 16.2. The molecule has 0 aromatic carbocycles. The van der Waals surface area contributed by atoms with Gasteiger partial charge >= 0.3 is 0 Å². The number of allylic oxidation sites excluding steroid dienone is 2. The summed E-state index contributed by atoms with van der Waals surface area (Å²) in [6, 6.07) is 0. The van der Waals surface area contributed by atoms with Gasteiger partial charge in [-0.2, -0.15) is 0 Å². The molecule has 31 unspecified atom stereocenters. The molecule has 8 rings (SSSR count). The number of aliphatic hydroxyl groups excluding tert-OH is 15. The van der Waals surface area contributed by atoms with Gasteiger partial charge in [0.2, 0.25) is 0 Å². The van der Waals surface area contributed by atoms with Gasteiger partial charge in [-0.25, -0.2) is 0 Å². The Balaban J connectivity index is 1.03. The third-order valence-electron chi connectivity index (χ3n) is 20.8. The molecule has 77 heavy (non-hydrogen) atoms. The number of hydrogen-bond donors (Lipinski definition) is 15. The first kappa shape index (κ1) is 61.9. The summed E-state index contributed by atoms with van der Waals surface area (Å²) in [5.74, 6) is -0.881. The minimum absolute atomic E-state index is 0.125. The molecule has 4 saturated carbocycles. The fourth-order valence-corrected chi connectivity index (χ4v) is 16.4. The van der Waals surface area contributed by atoms with E-state index >= 15 is 0 Å². The lowest BCUT2D eigenvalue weighted by Gasteiger charge is -2.71. The quantitative estimate of drug-likeness (QED) is 0.0611. The fourth-order valence-electron chi connectivity index (χ4n) is 16.4. The maximum absolute atomic E-state index is 12.8. The van der Waals surface area contributed by atoms with Crippen molar-refractivity contribution in [3.8, 4) is 0 Å². The summed E-state index contributed by atoms with van der Waals surface area (Å²) in [7, 11) is 0. The van der Waals surface area contributed by atoms with Crippen molar-refractivity contribution in [2.75, 3.05) is 19.8 Å². The minimum Gasteiger partial charge on any atom is -0.394 e. The maximum Gasteiger partial charge on any atom is 0.187 e. The number of rotatable bonds is 15. The van der Waals surface area contributed by atoms with Crippen LogP contribution >= 0.6 is 0 Å². The molecule has 0 aromatic heterocycles. The first-order valence-corrected chi connectivity index (χ1v) is 27.8. The lowest BCUT2D eigenvalue weighted by Crippen LogP contribution is -2.70. The molecule has 0 bridgehead atoms. The molecule has 23 nitrogen and oxygen atoms in total. The van der Waals surface area contributed by atoms with Crippen LogP contribution in [0.25, 0.3) is 0 Å². The summed E-state index contributed by atoms with van der Waals surface area (Å²) in [5, 5.41) is 165. The first-order chi connectivity index (χ1) is 35.9. The molecule has 31 atom stereocenters. The highest BCUT2D eigenvalue weighted by molar-refractivity contribution is 5.21.